The largest absolute Gasteiger partial charge is 0.471 e. The first-order chi connectivity index (χ1) is 11.3. The monoisotopic (exact) mass is 355 g/mol. The van der Waals surface area contributed by atoms with E-state index in [1.165, 1.54) is 29.5 Å². The number of amides is 2. The quantitative estimate of drug-likeness (QED) is 0.652. The van der Waals surface area contributed by atoms with Crippen LogP contribution in [0.15, 0.2) is 46.9 Å². The summed E-state index contributed by atoms with van der Waals surface area (Å²) in [6.45, 7) is 1.58. The Balaban J connectivity index is 2.08. The zero-order valence-corrected chi connectivity index (χ0v) is 13.2. The third-order valence-electron chi connectivity index (χ3n) is 2.87. The first-order valence-electron chi connectivity index (χ1n) is 6.64. The average molecular weight is 355 g/mol. The van der Waals surface area contributed by atoms with Crippen LogP contribution in [0.2, 0.25) is 0 Å². The molecule has 1 aromatic heterocycles. The molecule has 24 heavy (non-hydrogen) atoms. The summed E-state index contributed by atoms with van der Waals surface area (Å²) >= 11 is 1.25. The Bertz CT molecular complexity index is 771. The lowest BCUT2D eigenvalue weighted by molar-refractivity contribution is -0.167. The van der Waals surface area contributed by atoms with Gasteiger partial charge in [0.05, 0.1) is 10.6 Å². The van der Waals surface area contributed by atoms with E-state index in [4.69, 9.17) is 0 Å². The van der Waals surface area contributed by atoms with Crippen molar-refractivity contribution in [1.29, 1.82) is 0 Å². The zero-order valence-electron chi connectivity index (χ0n) is 12.3. The molecule has 126 valence electrons. The highest BCUT2D eigenvalue weighted by molar-refractivity contribution is 7.12. The third kappa shape index (κ3) is 4.66. The highest BCUT2D eigenvalue weighted by Gasteiger charge is 2.38. The molecule has 0 bridgehead atoms. The van der Waals surface area contributed by atoms with Crippen LogP contribution in [-0.2, 0) is 4.79 Å². The van der Waals surface area contributed by atoms with Gasteiger partial charge in [-0.05, 0) is 36.1 Å². The van der Waals surface area contributed by atoms with Crippen molar-refractivity contribution < 1.29 is 22.8 Å². The molecule has 0 atom stereocenters. The van der Waals surface area contributed by atoms with Crippen LogP contribution < -0.4 is 10.7 Å². The first-order valence-corrected chi connectivity index (χ1v) is 7.52. The van der Waals surface area contributed by atoms with Gasteiger partial charge in [-0.1, -0.05) is 18.2 Å². The molecule has 0 saturated carbocycles. The number of hydrazone groups is 1. The molecule has 1 aromatic carbocycles. The molecule has 0 aliphatic heterocycles. The van der Waals surface area contributed by atoms with E-state index in [-0.39, 0.29) is 11.6 Å². The summed E-state index contributed by atoms with van der Waals surface area (Å²) in [5, 5.41) is 7.42. The molecule has 1 heterocycles. The van der Waals surface area contributed by atoms with E-state index in [1.54, 1.807) is 35.8 Å². The summed E-state index contributed by atoms with van der Waals surface area (Å²) in [5.41, 5.74) is 3.18. The van der Waals surface area contributed by atoms with Gasteiger partial charge < -0.3 is 5.32 Å². The van der Waals surface area contributed by atoms with Crippen molar-refractivity contribution >= 4 is 34.6 Å². The highest BCUT2D eigenvalue weighted by atomic mass is 32.1. The lowest BCUT2D eigenvalue weighted by Gasteiger charge is -2.09. The summed E-state index contributed by atoms with van der Waals surface area (Å²) in [5.74, 6) is -2.44. The number of alkyl halides is 3. The van der Waals surface area contributed by atoms with E-state index in [0.29, 0.717) is 16.2 Å². The van der Waals surface area contributed by atoms with Crippen molar-refractivity contribution in [3.8, 4) is 0 Å². The Hall–Kier alpha value is -2.68. The lowest BCUT2D eigenvalue weighted by Crippen LogP contribution is -2.29. The molecule has 0 aliphatic carbocycles. The maximum atomic E-state index is 12.3. The molecular formula is C15H12F3N3O2S. The van der Waals surface area contributed by atoms with Crippen LogP contribution in [-0.4, -0.2) is 23.7 Å². The van der Waals surface area contributed by atoms with Crippen LogP contribution in [0.4, 0.5) is 18.9 Å². The van der Waals surface area contributed by atoms with Gasteiger partial charge in [0.15, 0.2) is 0 Å². The first kappa shape index (κ1) is 17.7. The van der Waals surface area contributed by atoms with E-state index >= 15 is 0 Å². The van der Waals surface area contributed by atoms with Gasteiger partial charge >= 0.3 is 12.1 Å². The predicted octanol–water partition coefficient (Wildman–Crippen LogP) is 3.40. The second kappa shape index (κ2) is 7.26. The fourth-order valence-corrected chi connectivity index (χ4v) is 2.30. The summed E-state index contributed by atoms with van der Waals surface area (Å²) in [6.07, 6.45) is -4.96. The number of hydrogen-bond acceptors (Lipinski definition) is 4. The molecular weight excluding hydrogens is 343 g/mol. The molecule has 2 aromatic rings. The van der Waals surface area contributed by atoms with Crippen molar-refractivity contribution in [2.24, 2.45) is 5.10 Å². The van der Waals surface area contributed by atoms with E-state index in [1.807, 2.05) is 0 Å². The summed E-state index contributed by atoms with van der Waals surface area (Å²) in [7, 11) is 0. The van der Waals surface area contributed by atoms with Crippen LogP contribution in [0.1, 0.15) is 22.2 Å². The number of rotatable bonds is 4. The summed E-state index contributed by atoms with van der Waals surface area (Å²) in [6, 6.07) is 9.09. The molecule has 0 aliphatic rings. The maximum Gasteiger partial charge on any atom is 0.471 e. The standard InChI is InChI=1S/C15H12F3N3O2S/c1-9(20-21-13(22)12-6-3-7-24-12)10-4-2-5-11(8-10)19-14(23)15(16,17)18/h2-8H,1H3,(H,19,23)(H,21,22). The van der Waals surface area contributed by atoms with E-state index in [9.17, 15) is 22.8 Å². The lowest BCUT2D eigenvalue weighted by atomic mass is 10.1. The fourth-order valence-electron chi connectivity index (χ4n) is 1.69. The normalized spacial score (nSPS) is 11.9. The average Bonchev–Trinajstić information content (AvgIpc) is 3.06. The smallest absolute Gasteiger partial charge is 0.318 e. The maximum absolute atomic E-state index is 12.3. The Morgan fingerprint density at radius 1 is 1.17 bits per heavy atom. The number of thiophene rings is 1. The topological polar surface area (TPSA) is 70.6 Å². The van der Waals surface area contributed by atoms with Gasteiger partial charge in [0.1, 0.15) is 0 Å². The number of carbonyl (C=O) groups excluding carboxylic acids is 2. The Labute approximate surface area is 139 Å². The van der Waals surface area contributed by atoms with E-state index < -0.39 is 12.1 Å². The van der Waals surface area contributed by atoms with E-state index in [0.717, 1.165) is 0 Å². The SMILES string of the molecule is CC(=NNC(=O)c1cccs1)c1cccc(NC(=O)C(F)(F)F)c1. The minimum atomic E-state index is -4.96. The van der Waals surface area contributed by atoms with Gasteiger partial charge in [0, 0.05) is 5.69 Å². The molecule has 0 radical (unpaired) electrons. The molecule has 9 heteroatoms. The molecule has 0 fully saturated rings. The number of anilines is 1. The van der Waals surface area contributed by atoms with Gasteiger partial charge in [0.2, 0.25) is 0 Å². The Morgan fingerprint density at radius 2 is 1.92 bits per heavy atom. The molecule has 0 unspecified atom stereocenters. The van der Waals surface area contributed by atoms with Crippen LogP contribution in [0.25, 0.3) is 0 Å². The fraction of sp³-hybridized carbons (Fsp3) is 0.133. The van der Waals surface area contributed by atoms with Gasteiger partial charge in [0.25, 0.3) is 5.91 Å². The van der Waals surface area contributed by atoms with Crippen LogP contribution >= 0.6 is 11.3 Å². The summed E-state index contributed by atoms with van der Waals surface area (Å²) < 4.78 is 36.8. The minimum absolute atomic E-state index is 0.0195. The van der Waals surface area contributed by atoms with Crippen molar-refractivity contribution in [3.63, 3.8) is 0 Å². The zero-order chi connectivity index (χ0) is 17.7. The van der Waals surface area contributed by atoms with Crippen LogP contribution in [0.5, 0.6) is 0 Å². The van der Waals surface area contributed by atoms with E-state index in [2.05, 4.69) is 10.5 Å². The van der Waals surface area contributed by atoms with Crippen molar-refractivity contribution in [2.45, 2.75) is 13.1 Å². The number of carbonyl (C=O) groups is 2. The van der Waals surface area contributed by atoms with Gasteiger partial charge in [-0.25, -0.2) is 5.43 Å². The molecule has 2 amide bonds. The van der Waals surface area contributed by atoms with Gasteiger partial charge in [-0.2, -0.15) is 18.3 Å². The number of nitrogens with one attached hydrogen (secondary N) is 2. The number of nitrogens with zero attached hydrogens (tertiary/aromatic N) is 1. The Kier molecular flexibility index (Phi) is 5.35. The molecule has 2 rings (SSSR count). The highest BCUT2D eigenvalue weighted by Crippen LogP contribution is 2.19. The molecule has 0 spiro atoms. The van der Waals surface area contributed by atoms with Gasteiger partial charge in [-0.3, -0.25) is 9.59 Å². The van der Waals surface area contributed by atoms with Crippen LogP contribution in [0, 0.1) is 0 Å². The third-order valence-corrected chi connectivity index (χ3v) is 3.73. The van der Waals surface area contributed by atoms with Crippen molar-refractivity contribution in [2.75, 3.05) is 5.32 Å². The van der Waals surface area contributed by atoms with Crippen molar-refractivity contribution in [1.82, 2.24) is 5.43 Å². The number of benzene rings is 1. The van der Waals surface area contributed by atoms with Crippen LogP contribution in [0.3, 0.4) is 0 Å². The second-order valence-corrected chi connectivity index (χ2v) is 5.60. The van der Waals surface area contributed by atoms with Crippen molar-refractivity contribution in [3.05, 3.63) is 52.2 Å². The molecule has 5 nitrogen and oxygen atoms in total. The molecule has 2 N–H and O–H groups in total. The minimum Gasteiger partial charge on any atom is -0.318 e. The van der Waals surface area contributed by atoms with Gasteiger partial charge in [-0.15, -0.1) is 11.3 Å². The number of halogens is 3. The number of hydrogen-bond donors (Lipinski definition) is 2. The predicted molar refractivity (Wildman–Crippen MR) is 85.1 cm³/mol. The Morgan fingerprint density at radius 3 is 2.54 bits per heavy atom. The summed E-state index contributed by atoms with van der Waals surface area (Å²) in [4.78, 5) is 23.2. The second-order valence-electron chi connectivity index (χ2n) is 4.65. The molecule has 0 saturated heterocycles.